The van der Waals surface area contributed by atoms with Crippen LogP contribution in [0.15, 0.2) is 60.7 Å². The maximum Gasteiger partial charge on any atom is 0.0205 e. The predicted molar refractivity (Wildman–Crippen MR) is 126 cm³/mol. The summed E-state index contributed by atoms with van der Waals surface area (Å²) < 4.78 is 0. The van der Waals surface area contributed by atoms with Crippen molar-refractivity contribution < 1.29 is 0 Å². The fourth-order valence-corrected chi connectivity index (χ4v) is 3.98. The van der Waals surface area contributed by atoms with Crippen molar-refractivity contribution in [2.24, 2.45) is 11.8 Å². The molecule has 0 spiro atoms. The quantitative estimate of drug-likeness (QED) is 0.452. The Bertz CT molecular complexity index is 508. The molecule has 0 atom stereocenters. The Balaban J connectivity index is 0.000000921. The van der Waals surface area contributed by atoms with Crippen molar-refractivity contribution in [1.29, 1.82) is 0 Å². The van der Waals surface area contributed by atoms with Gasteiger partial charge in [-0.25, -0.2) is 0 Å². The van der Waals surface area contributed by atoms with Gasteiger partial charge in [0.15, 0.2) is 0 Å². The zero-order valence-corrected chi connectivity index (χ0v) is 18.9. The van der Waals surface area contributed by atoms with Crippen molar-refractivity contribution in [1.82, 2.24) is 5.32 Å². The molecule has 0 heterocycles. The zero-order valence-electron chi connectivity index (χ0n) is 18.2. The van der Waals surface area contributed by atoms with E-state index in [-0.39, 0.29) is 0 Å². The van der Waals surface area contributed by atoms with Crippen LogP contribution in [0.3, 0.4) is 0 Å². The summed E-state index contributed by atoms with van der Waals surface area (Å²) in [5.41, 5.74) is 2.89. The fraction of sp³-hybridized carbons (Fsp3) is 0.538. The number of hydrogen-bond donors (Lipinski definition) is 1. The standard InChI is InChI=1S/C23H31N.C2H6.CH3Cl/c1-3-8-20(9-4-1)12-7-13-21-14-16-23(17-15-21)19-24-18-22-10-5-2-6-11-22;2*1-2/h1-6,8-11,21,23-24H,7,12-19H2;1-2H3;1H3. The number of hydrogen-bond acceptors (Lipinski definition) is 1. The molecule has 28 heavy (non-hydrogen) atoms. The van der Waals surface area contributed by atoms with Crippen LogP contribution in [0.2, 0.25) is 0 Å². The first-order valence-electron chi connectivity index (χ1n) is 11.1. The highest BCUT2D eigenvalue weighted by Crippen LogP contribution is 2.31. The summed E-state index contributed by atoms with van der Waals surface area (Å²) in [5.74, 6) is 1.86. The van der Waals surface area contributed by atoms with Crippen molar-refractivity contribution in [2.45, 2.75) is 65.3 Å². The Morgan fingerprint density at radius 3 is 1.82 bits per heavy atom. The maximum atomic E-state index is 4.64. The lowest BCUT2D eigenvalue weighted by Crippen LogP contribution is -2.26. The second-order valence-electron chi connectivity index (χ2n) is 7.38. The van der Waals surface area contributed by atoms with Crippen LogP contribution in [0, 0.1) is 11.8 Å². The molecule has 1 fully saturated rings. The van der Waals surface area contributed by atoms with Crippen molar-refractivity contribution in [3.05, 3.63) is 71.8 Å². The minimum Gasteiger partial charge on any atom is -0.312 e. The summed E-state index contributed by atoms with van der Waals surface area (Å²) in [5, 5.41) is 3.65. The Hall–Kier alpha value is -1.31. The monoisotopic (exact) mass is 401 g/mol. The van der Waals surface area contributed by atoms with E-state index in [1.54, 1.807) is 0 Å². The van der Waals surface area contributed by atoms with Crippen molar-refractivity contribution >= 4 is 11.6 Å². The third kappa shape index (κ3) is 10.3. The number of rotatable bonds is 8. The number of nitrogens with one attached hydrogen (secondary N) is 1. The van der Waals surface area contributed by atoms with E-state index in [4.69, 9.17) is 0 Å². The van der Waals surface area contributed by atoms with E-state index in [0.29, 0.717) is 0 Å². The topological polar surface area (TPSA) is 12.0 Å². The molecule has 1 aliphatic carbocycles. The minimum atomic E-state index is 0.888. The van der Waals surface area contributed by atoms with Gasteiger partial charge >= 0.3 is 0 Å². The largest absolute Gasteiger partial charge is 0.312 e. The first kappa shape index (κ1) is 24.7. The molecule has 2 heteroatoms. The number of aryl methyl sites for hydroxylation is 1. The molecule has 0 amide bonds. The Kier molecular flexibility index (Phi) is 14.7. The smallest absolute Gasteiger partial charge is 0.0205 e. The van der Waals surface area contributed by atoms with Gasteiger partial charge in [-0.05, 0) is 55.2 Å². The van der Waals surface area contributed by atoms with E-state index in [2.05, 4.69) is 77.6 Å². The van der Waals surface area contributed by atoms with Gasteiger partial charge in [0.1, 0.15) is 0 Å². The van der Waals surface area contributed by atoms with E-state index >= 15 is 0 Å². The fourth-order valence-electron chi connectivity index (χ4n) is 3.98. The van der Waals surface area contributed by atoms with Crippen LogP contribution < -0.4 is 5.32 Å². The van der Waals surface area contributed by atoms with Gasteiger partial charge in [-0.2, -0.15) is 0 Å². The summed E-state index contributed by atoms with van der Waals surface area (Å²) >= 11 is 4.64. The van der Waals surface area contributed by atoms with Crippen LogP contribution in [0.25, 0.3) is 0 Å². The molecule has 0 bridgehead atoms. The molecule has 0 radical (unpaired) electrons. The van der Waals surface area contributed by atoms with Crippen LogP contribution in [0.4, 0.5) is 0 Å². The second-order valence-corrected chi connectivity index (χ2v) is 7.38. The van der Waals surface area contributed by atoms with Crippen LogP contribution in [0.1, 0.15) is 63.5 Å². The Labute approximate surface area is 178 Å². The third-order valence-electron chi connectivity index (χ3n) is 5.49. The van der Waals surface area contributed by atoms with Crippen LogP contribution in [0.5, 0.6) is 0 Å². The van der Waals surface area contributed by atoms with E-state index in [0.717, 1.165) is 18.4 Å². The molecule has 0 unspecified atom stereocenters. The SMILES string of the molecule is CC.CCl.c1ccc(CCCC2CCC(CNCc3ccccc3)CC2)cc1. The lowest BCUT2D eigenvalue weighted by Gasteiger charge is -2.28. The Morgan fingerprint density at radius 2 is 1.25 bits per heavy atom. The van der Waals surface area contributed by atoms with Crippen molar-refractivity contribution in [3.8, 4) is 0 Å². The van der Waals surface area contributed by atoms with Crippen LogP contribution in [-0.4, -0.2) is 12.9 Å². The summed E-state index contributed by atoms with van der Waals surface area (Å²) in [6.45, 7) is 6.20. The van der Waals surface area contributed by atoms with E-state index in [1.165, 1.54) is 69.0 Å². The molecule has 0 saturated heterocycles. The highest BCUT2D eigenvalue weighted by molar-refractivity contribution is 6.15. The average molecular weight is 402 g/mol. The van der Waals surface area contributed by atoms with E-state index < -0.39 is 0 Å². The normalized spacial score (nSPS) is 18.3. The molecular formula is C26H40ClN. The molecule has 1 nitrogen and oxygen atoms in total. The van der Waals surface area contributed by atoms with Gasteiger partial charge in [0.25, 0.3) is 0 Å². The Morgan fingerprint density at radius 1 is 0.750 bits per heavy atom. The van der Waals surface area contributed by atoms with Gasteiger partial charge in [0.05, 0.1) is 0 Å². The molecule has 0 aliphatic heterocycles. The van der Waals surface area contributed by atoms with Crippen LogP contribution in [-0.2, 0) is 13.0 Å². The summed E-state index contributed by atoms with van der Waals surface area (Å²) in [4.78, 5) is 0. The van der Waals surface area contributed by atoms with E-state index in [9.17, 15) is 0 Å². The molecule has 1 aliphatic rings. The average Bonchev–Trinajstić information content (AvgIpc) is 2.79. The molecule has 1 N–H and O–H groups in total. The summed E-state index contributed by atoms with van der Waals surface area (Å²) in [6, 6.07) is 21.7. The lowest BCUT2D eigenvalue weighted by molar-refractivity contribution is 0.254. The van der Waals surface area contributed by atoms with Gasteiger partial charge in [0.2, 0.25) is 0 Å². The van der Waals surface area contributed by atoms with Gasteiger partial charge in [-0.3, -0.25) is 0 Å². The zero-order chi connectivity index (χ0) is 20.5. The van der Waals surface area contributed by atoms with Crippen molar-refractivity contribution in [3.63, 3.8) is 0 Å². The van der Waals surface area contributed by atoms with Gasteiger partial charge < -0.3 is 5.32 Å². The van der Waals surface area contributed by atoms with Crippen molar-refractivity contribution in [2.75, 3.05) is 12.9 Å². The predicted octanol–water partition coefficient (Wildman–Crippen LogP) is 7.49. The number of alkyl halides is 1. The van der Waals surface area contributed by atoms with Gasteiger partial charge in [-0.1, -0.05) is 93.8 Å². The maximum absolute atomic E-state index is 4.64. The minimum absolute atomic E-state index is 0.888. The second kappa shape index (κ2) is 16.6. The molecule has 1 saturated carbocycles. The molecule has 2 aromatic rings. The van der Waals surface area contributed by atoms with Gasteiger partial charge in [0, 0.05) is 12.9 Å². The third-order valence-corrected chi connectivity index (χ3v) is 5.49. The lowest BCUT2D eigenvalue weighted by atomic mass is 9.79. The highest BCUT2D eigenvalue weighted by Gasteiger charge is 2.20. The number of halogens is 1. The first-order valence-corrected chi connectivity index (χ1v) is 11.8. The first-order chi connectivity index (χ1) is 13.9. The molecular weight excluding hydrogens is 362 g/mol. The highest BCUT2D eigenvalue weighted by atomic mass is 35.5. The molecule has 2 aromatic carbocycles. The molecule has 0 aromatic heterocycles. The van der Waals surface area contributed by atoms with Gasteiger partial charge in [-0.15, -0.1) is 11.6 Å². The summed E-state index contributed by atoms with van der Waals surface area (Å²) in [6.07, 6.45) is 11.2. The molecule has 156 valence electrons. The van der Waals surface area contributed by atoms with E-state index in [1.807, 2.05) is 13.8 Å². The summed E-state index contributed by atoms with van der Waals surface area (Å²) in [7, 11) is 0. The number of benzene rings is 2. The molecule has 3 rings (SSSR count). The van der Waals surface area contributed by atoms with Crippen LogP contribution >= 0.6 is 11.6 Å².